The van der Waals surface area contributed by atoms with Crippen molar-refractivity contribution in [1.29, 1.82) is 0 Å². The number of hydrogen-bond acceptors (Lipinski definition) is 5. The summed E-state index contributed by atoms with van der Waals surface area (Å²) in [7, 11) is -8.33. The molecule has 0 unspecified atom stereocenters. The van der Waals surface area contributed by atoms with Gasteiger partial charge in [0.05, 0.1) is 23.0 Å². The second-order valence-corrected chi connectivity index (χ2v) is 8.97. The molecule has 7 nitrogen and oxygen atoms in total. The van der Waals surface area contributed by atoms with Crippen LogP contribution < -0.4 is 0 Å². The van der Waals surface area contributed by atoms with Crippen LogP contribution in [0, 0.1) is 0 Å². The van der Waals surface area contributed by atoms with Crippen LogP contribution in [-0.4, -0.2) is 39.2 Å². The van der Waals surface area contributed by atoms with Crippen LogP contribution in [0.15, 0.2) is 82.6 Å². The Morgan fingerprint density at radius 1 is 0.621 bits per heavy atom. The van der Waals surface area contributed by atoms with Crippen LogP contribution >= 0.6 is 0 Å². The van der Waals surface area contributed by atoms with Gasteiger partial charge in [0.1, 0.15) is 0 Å². The topological polar surface area (TPSA) is 118 Å². The fraction of sp³-hybridized carbons (Fsp3) is 0.200. The number of allylic oxidation sites excluding steroid dienone is 2. The molecule has 2 N–H and O–H groups in total. The third-order valence-corrected chi connectivity index (χ3v) is 5.65. The SMILES string of the molecule is O=S(=O)(O)c1ccc(CC=CCOCC=CCc2ccc(S(=O)(=O)O)cc2)cc1. The molecule has 9 heteroatoms. The first-order valence-electron chi connectivity index (χ1n) is 8.67. The van der Waals surface area contributed by atoms with Gasteiger partial charge in [-0.25, -0.2) is 0 Å². The highest BCUT2D eigenvalue weighted by molar-refractivity contribution is 7.86. The minimum absolute atomic E-state index is 0.130. The molecule has 2 aromatic carbocycles. The monoisotopic (exact) mass is 438 g/mol. The van der Waals surface area contributed by atoms with Crippen molar-refractivity contribution in [2.24, 2.45) is 0 Å². The lowest BCUT2D eigenvalue weighted by molar-refractivity contribution is 0.193. The molecule has 2 aromatic rings. The van der Waals surface area contributed by atoms with Gasteiger partial charge in [0.15, 0.2) is 0 Å². The molecule has 156 valence electrons. The Morgan fingerprint density at radius 3 is 1.28 bits per heavy atom. The molecule has 29 heavy (non-hydrogen) atoms. The van der Waals surface area contributed by atoms with Crippen LogP contribution in [0.2, 0.25) is 0 Å². The molecule has 0 aliphatic heterocycles. The van der Waals surface area contributed by atoms with E-state index in [0.717, 1.165) is 11.1 Å². The molecule has 0 bridgehead atoms. The highest BCUT2D eigenvalue weighted by atomic mass is 32.2. The Morgan fingerprint density at radius 2 is 0.966 bits per heavy atom. The molecule has 0 saturated carbocycles. The average Bonchev–Trinajstić information content (AvgIpc) is 2.66. The largest absolute Gasteiger partial charge is 0.373 e. The van der Waals surface area contributed by atoms with Crippen molar-refractivity contribution in [3.05, 3.63) is 84.0 Å². The summed E-state index contributed by atoms with van der Waals surface area (Å²) in [5.41, 5.74) is 1.82. The zero-order chi connectivity index (χ0) is 21.3. The lowest BCUT2D eigenvalue weighted by atomic mass is 10.1. The summed E-state index contributed by atoms with van der Waals surface area (Å²) in [5.74, 6) is 0. The predicted molar refractivity (Wildman–Crippen MR) is 109 cm³/mol. The third kappa shape index (κ3) is 8.30. The second-order valence-electron chi connectivity index (χ2n) is 6.13. The van der Waals surface area contributed by atoms with Gasteiger partial charge < -0.3 is 4.74 Å². The van der Waals surface area contributed by atoms with E-state index in [1.165, 1.54) is 24.3 Å². The Kier molecular flexibility index (Phi) is 8.30. The number of ether oxygens (including phenoxy) is 1. The highest BCUT2D eigenvalue weighted by Crippen LogP contribution is 2.11. The molecule has 2 rings (SSSR count). The molecule has 0 heterocycles. The van der Waals surface area contributed by atoms with Crippen molar-refractivity contribution in [1.82, 2.24) is 0 Å². The third-order valence-electron chi connectivity index (χ3n) is 3.91. The van der Waals surface area contributed by atoms with E-state index >= 15 is 0 Å². The number of rotatable bonds is 10. The van der Waals surface area contributed by atoms with Crippen molar-refractivity contribution < 1.29 is 30.7 Å². The molecule has 0 amide bonds. The van der Waals surface area contributed by atoms with Crippen molar-refractivity contribution >= 4 is 20.2 Å². The molecular weight excluding hydrogens is 416 g/mol. The summed E-state index contributed by atoms with van der Waals surface area (Å²) in [6.07, 6.45) is 8.76. The first-order valence-corrected chi connectivity index (χ1v) is 11.5. The maximum atomic E-state index is 11.0. The number of benzene rings is 2. The maximum absolute atomic E-state index is 11.0. The Labute approximate surface area is 170 Å². The van der Waals surface area contributed by atoms with Crippen LogP contribution in [0.4, 0.5) is 0 Å². The zero-order valence-corrected chi connectivity index (χ0v) is 17.1. The molecule has 0 aromatic heterocycles. The molecule has 0 atom stereocenters. The zero-order valence-electron chi connectivity index (χ0n) is 15.5. The summed E-state index contributed by atoms with van der Waals surface area (Å²) in [5, 5.41) is 0. The smallest absolute Gasteiger partial charge is 0.294 e. The molecule has 0 fully saturated rings. The molecule has 0 saturated heterocycles. The minimum atomic E-state index is -4.16. The van der Waals surface area contributed by atoms with Crippen molar-refractivity contribution in [2.75, 3.05) is 13.2 Å². The lowest BCUT2D eigenvalue weighted by Gasteiger charge is -2.00. The first kappa shape index (κ1) is 23.0. The Hall–Kier alpha value is -2.30. The van der Waals surface area contributed by atoms with Gasteiger partial charge in [0.25, 0.3) is 20.2 Å². The Bertz CT molecular complexity index is 963. The van der Waals surface area contributed by atoms with Gasteiger partial charge in [-0.1, -0.05) is 48.6 Å². The first-order chi connectivity index (χ1) is 13.7. The molecule has 0 spiro atoms. The van der Waals surface area contributed by atoms with Gasteiger partial charge in [-0.15, -0.1) is 0 Å². The van der Waals surface area contributed by atoms with E-state index < -0.39 is 20.2 Å². The molecule has 0 aliphatic carbocycles. The van der Waals surface area contributed by atoms with Crippen molar-refractivity contribution in [2.45, 2.75) is 22.6 Å². The molecule has 0 radical (unpaired) electrons. The van der Waals surface area contributed by atoms with Gasteiger partial charge in [-0.3, -0.25) is 9.11 Å². The number of hydrogen-bond donors (Lipinski definition) is 2. The van der Waals surface area contributed by atoms with Gasteiger partial charge in [0, 0.05) is 0 Å². The molecule has 0 aliphatic rings. The normalized spacial score (nSPS) is 12.8. The van der Waals surface area contributed by atoms with E-state index in [1.54, 1.807) is 24.3 Å². The van der Waals surface area contributed by atoms with E-state index in [0.29, 0.717) is 26.1 Å². The van der Waals surface area contributed by atoms with E-state index in [-0.39, 0.29) is 9.79 Å². The average molecular weight is 439 g/mol. The van der Waals surface area contributed by atoms with Crippen LogP contribution in [0.5, 0.6) is 0 Å². The van der Waals surface area contributed by atoms with E-state index in [9.17, 15) is 16.8 Å². The van der Waals surface area contributed by atoms with E-state index in [2.05, 4.69) is 0 Å². The van der Waals surface area contributed by atoms with Crippen LogP contribution in [-0.2, 0) is 37.8 Å². The predicted octanol–water partition coefficient (Wildman–Crippen LogP) is 3.09. The van der Waals surface area contributed by atoms with Gasteiger partial charge in [-0.2, -0.15) is 16.8 Å². The standard InChI is InChI=1S/C20H22O7S2/c21-28(22,23)19-11-7-17(8-12-19)5-1-3-15-27-16-4-2-6-18-9-13-20(14-10-18)29(24,25)26/h1-4,7-14H,5-6,15-16H2,(H,21,22,23)(H,24,25,26). The highest BCUT2D eigenvalue weighted by Gasteiger charge is 2.08. The van der Waals surface area contributed by atoms with E-state index in [1.807, 2.05) is 24.3 Å². The van der Waals surface area contributed by atoms with Gasteiger partial charge in [-0.05, 0) is 48.2 Å². The lowest BCUT2D eigenvalue weighted by Crippen LogP contribution is -1.97. The van der Waals surface area contributed by atoms with Gasteiger partial charge in [0.2, 0.25) is 0 Å². The Balaban J connectivity index is 1.65. The summed E-state index contributed by atoms with van der Waals surface area (Å²) >= 11 is 0. The fourth-order valence-corrected chi connectivity index (χ4v) is 3.33. The minimum Gasteiger partial charge on any atom is -0.373 e. The van der Waals surface area contributed by atoms with Crippen LogP contribution in [0.1, 0.15) is 11.1 Å². The van der Waals surface area contributed by atoms with Crippen molar-refractivity contribution in [3.63, 3.8) is 0 Å². The summed E-state index contributed by atoms with van der Waals surface area (Å²) in [6, 6.07) is 12.0. The van der Waals surface area contributed by atoms with Crippen LogP contribution in [0.25, 0.3) is 0 Å². The fourth-order valence-electron chi connectivity index (χ4n) is 2.37. The summed E-state index contributed by atoms with van der Waals surface area (Å²) in [6.45, 7) is 0.854. The quantitative estimate of drug-likeness (QED) is 0.332. The van der Waals surface area contributed by atoms with Crippen molar-refractivity contribution in [3.8, 4) is 0 Å². The van der Waals surface area contributed by atoms with Gasteiger partial charge >= 0.3 is 0 Å². The maximum Gasteiger partial charge on any atom is 0.294 e. The molecular formula is C20H22O7S2. The van der Waals surface area contributed by atoms with E-state index in [4.69, 9.17) is 13.8 Å². The summed E-state index contributed by atoms with van der Waals surface area (Å²) in [4.78, 5) is -0.260. The summed E-state index contributed by atoms with van der Waals surface area (Å²) < 4.78 is 67.2. The van der Waals surface area contributed by atoms with Crippen LogP contribution in [0.3, 0.4) is 0 Å². The second kappa shape index (κ2) is 10.5.